The second-order valence-electron chi connectivity index (χ2n) is 5.41. The van der Waals surface area contributed by atoms with Crippen LogP contribution in [0, 0.1) is 0 Å². The van der Waals surface area contributed by atoms with Crippen molar-refractivity contribution in [1.82, 2.24) is 9.97 Å². The lowest BCUT2D eigenvalue weighted by Gasteiger charge is -2.07. The molecule has 0 fully saturated rings. The van der Waals surface area contributed by atoms with Crippen LogP contribution in [0.5, 0.6) is 0 Å². The third kappa shape index (κ3) is 4.07. The van der Waals surface area contributed by atoms with Gasteiger partial charge in [0.25, 0.3) is 5.91 Å². The highest BCUT2D eigenvalue weighted by Gasteiger charge is 2.12. The minimum Gasteiger partial charge on any atom is -0.321 e. The predicted molar refractivity (Wildman–Crippen MR) is 95.0 cm³/mol. The summed E-state index contributed by atoms with van der Waals surface area (Å²) in [5, 5.41) is 2.74. The molecule has 0 atom stereocenters. The molecule has 0 saturated heterocycles. The molecule has 0 spiro atoms. The zero-order valence-corrected chi connectivity index (χ0v) is 14.2. The van der Waals surface area contributed by atoms with E-state index in [2.05, 4.69) is 15.3 Å². The molecule has 126 valence electrons. The topological polar surface area (TPSA) is 89.0 Å². The molecule has 0 aliphatic carbocycles. The molecule has 1 heterocycles. The molecule has 1 aromatic heterocycles. The second kappa shape index (κ2) is 6.82. The maximum Gasteiger partial charge on any atom is 0.275 e. The lowest BCUT2D eigenvalue weighted by molar-refractivity contribution is 0.102. The van der Waals surface area contributed by atoms with E-state index in [4.69, 9.17) is 0 Å². The molecule has 25 heavy (non-hydrogen) atoms. The van der Waals surface area contributed by atoms with Crippen LogP contribution in [-0.4, -0.2) is 30.5 Å². The van der Waals surface area contributed by atoms with E-state index in [1.165, 1.54) is 24.5 Å². The minimum atomic E-state index is -3.33. The Labute approximate surface area is 145 Å². The van der Waals surface area contributed by atoms with E-state index in [-0.39, 0.29) is 16.5 Å². The van der Waals surface area contributed by atoms with Gasteiger partial charge in [-0.05, 0) is 24.3 Å². The highest BCUT2D eigenvalue weighted by atomic mass is 32.2. The van der Waals surface area contributed by atoms with Crippen molar-refractivity contribution in [3.05, 3.63) is 72.7 Å². The minimum absolute atomic E-state index is 0.145. The van der Waals surface area contributed by atoms with Crippen LogP contribution in [-0.2, 0) is 9.84 Å². The van der Waals surface area contributed by atoms with Gasteiger partial charge in [0, 0.05) is 17.5 Å². The maximum absolute atomic E-state index is 12.3. The smallest absolute Gasteiger partial charge is 0.275 e. The fourth-order valence-electron chi connectivity index (χ4n) is 2.22. The Bertz CT molecular complexity index is 1020. The molecule has 0 unspecified atom stereocenters. The van der Waals surface area contributed by atoms with Crippen molar-refractivity contribution in [1.29, 1.82) is 0 Å². The molecule has 3 aromatic rings. The van der Waals surface area contributed by atoms with Gasteiger partial charge in [0.15, 0.2) is 9.84 Å². The third-order valence-corrected chi connectivity index (χ3v) is 4.57. The molecule has 0 saturated carbocycles. The SMILES string of the molecule is CS(=O)(=O)c1cccc(-c2cncc(C(=O)Nc3ccccc3)n2)c1. The molecule has 3 rings (SSSR count). The second-order valence-corrected chi connectivity index (χ2v) is 7.43. The van der Waals surface area contributed by atoms with Crippen molar-refractivity contribution < 1.29 is 13.2 Å². The highest BCUT2D eigenvalue weighted by molar-refractivity contribution is 7.90. The average molecular weight is 353 g/mol. The number of benzene rings is 2. The number of anilines is 1. The summed E-state index contributed by atoms with van der Waals surface area (Å²) < 4.78 is 23.4. The van der Waals surface area contributed by atoms with Crippen molar-refractivity contribution in [3.63, 3.8) is 0 Å². The van der Waals surface area contributed by atoms with Gasteiger partial charge < -0.3 is 5.32 Å². The summed E-state index contributed by atoms with van der Waals surface area (Å²) in [5.74, 6) is -0.389. The number of hydrogen-bond donors (Lipinski definition) is 1. The van der Waals surface area contributed by atoms with Crippen LogP contribution in [0.2, 0.25) is 0 Å². The van der Waals surface area contributed by atoms with Crippen LogP contribution < -0.4 is 5.32 Å². The Balaban J connectivity index is 1.91. The first-order chi connectivity index (χ1) is 11.9. The van der Waals surface area contributed by atoms with E-state index in [1.54, 1.807) is 24.3 Å². The summed E-state index contributed by atoms with van der Waals surface area (Å²) in [5.41, 5.74) is 1.79. The number of rotatable bonds is 4. The van der Waals surface area contributed by atoms with E-state index >= 15 is 0 Å². The van der Waals surface area contributed by atoms with Crippen LogP contribution in [0.1, 0.15) is 10.5 Å². The quantitative estimate of drug-likeness (QED) is 0.779. The van der Waals surface area contributed by atoms with Gasteiger partial charge in [-0.2, -0.15) is 0 Å². The van der Waals surface area contributed by atoms with Gasteiger partial charge in [-0.3, -0.25) is 9.78 Å². The van der Waals surface area contributed by atoms with Crippen molar-refractivity contribution in [2.24, 2.45) is 0 Å². The monoisotopic (exact) mass is 353 g/mol. The van der Waals surface area contributed by atoms with E-state index in [0.717, 1.165) is 6.26 Å². The van der Waals surface area contributed by atoms with Gasteiger partial charge in [-0.15, -0.1) is 0 Å². The van der Waals surface area contributed by atoms with Crippen LogP contribution >= 0.6 is 0 Å². The number of carbonyl (C=O) groups excluding carboxylic acids is 1. The number of carbonyl (C=O) groups is 1. The molecule has 2 aromatic carbocycles. The average Bonchev–Trinajstić information content (AvgIpc) is 2.62. The first kappa shape index (κ1) is 16.8. The summed E-state index contributed by atoms with van der Waals surface area (Å²) in [4.78, 5) is 20.8. The number of sulfone groups is 1. The van der Waals surface area contributed by atoms with Gasteiger partial charge in [0.05, 0.1) is 23.0 Å². The van der Waals surface area contributed by atoms with Gasteiger partial charge in [0.1, 0.15) is 5.69 Å². The largest absolute Gasteiger partial charge is 0.321 e. The molecule has 1 N–H and O–H groups in total. The molecule has 0 bridgehead atoms. The van der Waals surface area contributed by atoms with E-state index in [1.807, 2.05) is 18.2 Å². The maximum atomic E-state index is 12.3. The summed E-state index contributed by atoms with van der Waals surface area (Å²) in [7, 11) is -3.33. The number of amides is 1. The highest BCUT2D eigenvalue weighted by Crippen LogP contribution is 2.20. The molecule has 1 amide bonds. The van der Waals surface area contributed by atoms with Crippen molar-refractivity contribution >= 4 is 21.4 Å². The first-order valence-electron chi connectivity index (χ1n) is 7.42. The summed E-state index contributed by atoms with van der Waals surface area (Å²) in [6.07, 6.45) is 3.99. The standard InChI is InChI=1S/C18H15N3O3S/c1-25(23,24)15-9-5-6-13(10-15)16-11-19-12-17(21-16)18(22)20-14-7-3-2-4-8-14/h2-12H,1H3,(H,20,22). The molecule has 6 nitrogen and oxygen atoms in total. The number of nitrogens with zero attached hydrogens (tertiary/aromatic N) is 2. The van der Waals surface area contributed by atoms with Crippen molar-refractivity contribution in [2.45, 2.75) is 4.90 Å². The Morgan fingerprint density at radius 2 is 1.76 bits per heavy atom. The number of para-hydroxylation sites is 1. The van der Waals surface area contributed by atoms with E-state index < -0.39 is 9.84 Å². The van der Waals surface area contributed by atoms with E-state index in [0.29, 0.717) is 16.9 Å². The summed E-state index contributed by atoms with van der Waals surface area (Å²) in [6, 6.07) is 15.4. The Hall–Kier alpha value is -3.06. The Morgan fingerprint density at radius 3 is 2.48 bits per heavy atom. The Kier molecular flexibility index (Phi) is 4.58. The summed E-state index contributed by atoms with van der Waals surface area (Å²) >= 11 is 0. The lowest BCUT2D eigenvalue weighted by Crippen LogP contribution is -2.14. The molecule has 0 aliphatic rings. The van der Waals surface area contributed by atoms with Crippen molar-refractivity contribution in [3.8, 4) is 11.3 Å². The van der Waals surface area contributed by atoms with Crippen LogP contribution in [0.3, 0.4) is 0 Å². The number of hydrogen-bond acceptors (Lipinski definition) is 5. The third-order valence-electron chi connectivity index (χ3n) is 3.46. The fourth-order valence-corrected chi connectivity index (χ4v) is 2.88. The van der Waals surface area contributed by atoms with Crippen molar-refractivity contribution in [2.75, 3.05) is 11.6 Å². The zero-order valence-electron chi connectivity index (χ0n) is 13.4. The fraction of sp³-hybridized carbons (Fsp3) is 0.0556. The zero-order chi connectivity index (χ0) is 17.9. The lowest BCUT2D eigenvalue weighted by atomic mass is 10.1. The first-order valence-corrected chi connectivity index (χ1v) is 9.31. The normalized spacial score (nSPS) is 11.1. The Morgan fingerprint density at radius 1 is 1.00 bits per heavy atom. The van der Waals surface area contributed by atoms with Gasteiger partial charge >= 0.3 is 0 Å². The van der Waals surface area contributed by atoms with Gasteiger partial charge in [-0.25, -0.2) is 13.4 Å². The van der Waals surface area contributed by atoms with Gasteiger partial charge in [-0.1, -0.05) is 30.3 Å². The molecular formula is C18H15N3O3S. The number of nitrogens with one attached hydrogen (secondary N) is 1. The number of aromatic nitrogens is 2. The summed E-state index contributed by atoms with van der Waals surface area (Å²) in [6.45, 7) is 0. The predicted octanol–water partition coefficient (Wildman–Crippen LogP) is 2.80. The van der Waals surface area contributed by atoms with Crippen LogP contribution in [0.25, 0.3) is 11.3 Å². The molecule has 0 radical (unpaired) electrons. The molecule has 0 aliphatic heterocycles. The molecular weight excluding hydrogens is 338 g/mol. The van der Waals surface area contributed by atoms with E-state index in [9.17, 15) is 13.2 Å². The van der Waals surface area contributed by atoms with Crippen LogP contribution in [0.15, 0.2) is 71.9 Å². The van der Waals surface area contributed by atoms with Crippen LogP contribution in [0.4, 0.5) is 5.69 Å². The van der Waals surface area contributed by atoms with Gasteiger partial charge in [0.2, 0.25) is 0 Å². The molecule has 7 heteroatoms.